The highest BCUT2D eigenvalue weighted by Gasteiger charge is 2.43. The summed E-state index contributed by atoms with van der Waals surface area (Å²) in [4.78, 5) is 17.2. The van der Waals surface area contributed by atoms with Gasteiger partial charge in [0.2, 0.25) is 0 Å². The van der Waals surface area contributed by atoms with Crippen LogP contribution in [0.5, 0.6) is 11.5 Å². The number of amides is 1. The number of aliphatic hydroxyl groups is 1. The first-order valence-corrected chi connectivity index (χ1v) is 10.0. The molecule has 0 aliphatic carbocycles. The number of ether oxygens (including phenoxy) is 2. The molecule has 2 fully saturated rings. The summed E-state index contributed by atoms with van der Waals surface area (Å²) < 4.78 is 10.9. The molecule has 0 spiro atoms. The van der Waals surface area contributed by atoms with Crippen molar-refractivity contribution in [1.29, 1.82) is 0 Å². The van der Waals surface area contributed by atoms with E-state index in [1.54, 1.807) is 19.1 Å². The van der Waals surface area contributed by atoms with Crippen LogP contribution in [0.3, 0.4) is 0 Å². The second-order valence-corrected chi connectivity index (χ2v) is 7.70. The summed E-state index contributed by atoms with van der Waals surface area (Å²) in [6.45, 7) is 3.46. The fraction of sp³-hybridized carbons (Fsp3) is 0.667. The van der Waals surface area contributed by atoms with E-state index in [4.69, 9.17) is 9.47 Å². The predicted octanol–water partition coefficient (Wildman–Crippen LogP) is 2.43. The molecule has 1 aromatic carbocycles. The number of para-hydroxylation sites is 1. The van der Waals surface area contributed by atoms with E-state index in [9.17, 15) is 9.90 Å². The third-order valence-electron chi connectivity index (χ3n) is 5.73. The van der Waals surface area contributed by atoms with E-state index in [-0.39, 0.29) is 5.91 Å². The van der Waals surface area contributed by atoms with E-state index in [2.05, 4.69) is 4.90 Å². The molecule has 1 N–H and O–H groups in total. The summed E-state index contributed by atoms with van der Waals surface area (Å²) in [5, 5.41) is 11.2. The summed E-state index contributed by atoms with van der Waals surface area (Å²) >= 11 is 0. The maximum atomic E-state index is 13.1. The first-order chi connectivity index (χ1) is 13.1. The zero-order valence-electron chi connectivity index (χ0n) is 16.6. The number of piperidine rings is 1. The van der Waals surface area contributed by atoms with Crippen LogP contribution in [0.25, 0.3) is 0 Å². The third-order valence-corrected chi connectivity index (χ3v) is 5.73. The molecule has 2 aliphatic rings. The third kappa shape index (κ3) is 4.55. The molecule has 0 bridgehead atoms. The Morgan fingerprint density at radius 3 is 2.44 bits per heavy atom. The second kappa shape index (κ2) is 8.93. The van der Waals surface area contributed by atoms with E-state index in [0.29, 0.717) is 37.6 Å². The maximum Gasteiger partial charge on any atom is 0.256 e. The molecule has 0 radical (unpaired) electrons. The number of nitrogens with zero attached hydrogens (tertiary/aromatic N) is 2. The van der Waals surface area contributed by atoms with Gasteiger partial charge in [0, 0.05) is 25.2 Å². The average Bonchev–Trinajstić information content (AvgIpc) is 2.93. The number of benzene rings is 1. The number of β-amino-alcohol motifs (C(OH)–C–C–N with tert-alkyl or cyclic N) is 1. The van der Waals surface area contributed by atoms with Crippen LogP contribution >= 0.6 is 0 Å². The minimum absolute atomic E-state index is 0.164. The monoisotopic (exact) mass is 376 g/mol. The molecular weight excluding hydrogens is 344 g/mol. The molecule has 2 aliphatic heterocycles. The molecule has 6 heteroatoms. The Bertz CT molecular complexity index is 643. The molecule has 150 valence electrons. The second-order valence-electron chi connectivity index (χ2n) is 7.70. The normalized spacial score (nSPS) is 24.6. The van der Waals surface area contributed by atoms with Crippen molar-refractivity contribution in [3.8, 4) is 11.5 Å². The standard InChI is InChI=1S/C21H32N2O4/c1-26-18-10-7-9-17(19(18)27-2)15-23-14-8-11-21(25,20(23)24)16-22-12-5-3-4-6-13-22/h7,9-10,25H,3-6,8,11-16H2,1-2H3. The molecule has 0 saturated carbocycles. The van der Waals surface area contributed by atoms with Crippen LogP contribution in [0.4, 0.5) is 0 Å². The smallest absolute Gasteiger partial charge is 0.256 e. The molecular formula is C21H32N2O4. The van der Waals surface area contributed by atoms with Gasteiger partial charge in [0.25, 0.3) is 5.91 Å². The lowest BCUT2D eigenvalue weighted by atomic mass is 9.90. The van der Waals surface area contributed by atoms with Gasteiger partial charge >= 0.3 is 0 Å². The van der Waals surface area contributed by atoms with E-state index >= 15 is 0 Å². The molecule has 2 heterocycles. The van der Waals surface area contributed by atoms with Crippen molar-refractivity contribution >= 4 is 5.91 Å². The largest absolute Gasteiger partial charge is 0.493 e. The molecule has 1 amide bonds. The van der Waals surface area contributed by atoms with E-state index in [1.807, 2.05) is 18.2 Å². The molecule has 1 unspecified atom stereocenters. The number of hydrogen-bond acceptors (Lipinski definition) is 5. The number of carbonyl (C=O) groups excluding carboxylic acids is 1. The van der Waals surface area contributed by atoms with E-state index in [0.717, 1.165) is 37.9 Å². The van der Waals surface area contributed by atoms with Crippen LogP contribution in [0.1, 0.15) is 44.1 Å². The van der Waals surface area contributed by atoms with Gasteiger partial charge in [-0.1, -0.05) is 25.0 Å². The Morgan fingerprint density at radius 2 is 1.78 bits per heavy atom. The van der Waals surface area contributed by atoms with Crippen molar-refractivity contribution in [3.63, 3.8) is 0 Å². The van der Waals surface area contributed by atoms with E-state index < -0.39 is 5.60 Å². The Hall–Kier alpha value is -1.79. The van der Waals surface area contributed by atoms with Gasteiger partial charge in [0.05, 0.1) is 14.2 Å². The van der Waals surface area contributed by atoms with Gasteiger partial charge < -0.3 is 19.5 Å². The lowest BCUT2D eigenvalue weighted by Crippen LogP contribution is -2.58. The first-order valence-electron chi connectivity index (χ1n) is 10.0. The zero-order chi connectivity index (χ0) is 19.3. The molecule has 1 aromatic rings. The van der Waals surface area contributed by atoms with Gasteiger partial charge in [0.15, 0.2) is 17.1 Å². The van der Waals surface area contributed by atoms with Crippen LogP contribution in [-0.2, 0) is 11.3 Å². The van der Waals surface area contributed by atoms with Gasteiger partial charge in [-0.25, -0.2) is 0 Å². The fourth-order valence-electron chi connectivity index (χ4n) is 4.31. The van der Waals surface area contributed by atoms with Crippen LogP contribution in [0.2, 0.25) is 0 Å². The van der Waals surface area contributed by atoms with Gasteiger partial charge in [-0.2, -0.15) is 0 Å². The molecule has 3 rings (SSSR count). The minimum Gasteiger partial charge on any atom is -0.493 e. The van der Waals surface area contributed by atoms with Gasteiger partial charge in [-0.15, -0.1) is 0 Å². The van der Waals surface area contributed by atoms with Crippen LogP contribution < -0.4 is 9.47 Å². The van der Waals surface area contributed by atoms with Crippen LogP contribution in [0.15, 0.2) is 18.2 Å². The van der Waals surface area contributed by atoms with Crippen molar-refractivity contribution in [2.24, 2.45) is 0 Å². The summed E-state index contributed by atoms with van der Waals surface area (Å²) in [5.41, 5.74) is -0.390. The highest BCUT2D eigenvalue weighted by atomic mass is 16.5. The minimum atomic E-state index is -1.28. The fourth-order valence-corrected chi connectivity index (χ4v) is 4.31. The summed E-state index contributed by atoms with van der Waals surface area (Å²) in [6, 6.07) is 5.68. The Kier molecular flexibility index (Phi) is 6.60. The number of likely N-dealkylation sites (tertiary alicyclic amines) is 2. The lowest BCUT2D eigenvalue weighted by Gasteiger charge is -2.40. The van der Waals surface area contributed by atoms with Crippen molar-refractivity contribution in [2.75, 3.05) is 40.4 Å². The average molecular weight is 376 g/mol. The van der Waals surface area contributed by atoms with Crippen molar-refractivity contribution < 1.29 is 19.4 Å². The number of methoxy groups -OCH3 is 2. The van der Waals surface area contributed by atoms with Crippen LogP contribution in [0, 0.1) is 0 Å². The number of rotatable bonds is 6. The molecule has 6 nitrogen and oxygen atoms in total. The number of carbonyl (C=O) groups is 1. The molecule has 2 saturated heterocycles. The Labute approximate surface area is 162 Å². The molecule has 27 heavy (non-hydrogen) atoms. The quantitative estimate of drug-likeness (QED) is 0.826. The topological polar surface area (TPSA) is 62.2 Å². The maximum absolute atomic E-state index is 13.1. The summed E-state index contributed by atoms with van der Waals surface area (Å²) in [6.07, 6.45) is 6.12. The van der Waals surface area contributed by atoms with Crippen molar-refractivity contribution in [3.05, 3.63) is 23.8 Å². The predicted molar refractivity (Wildman–Crippen MR) is 104 cm³/mol. The SMILES string of the molecule is COc1cccc(CN2CCCC(O)(CN3CCCCCC3)C2=O)c1OC. The lowest BCUT2D eigenvalue weighted by molar-refractivity contribution is -0.160. The first kappa shape index (κ1) is 20.0. The van der Waals surface area contributed by atoms with Gasteiger partial charge in [-0.05, 0) is 44.8 Å². The van der Waals surface area contributed by atoms with Gasteiger partial charge in [-0.3, -0.25) is 9.69 Å². The summed E-state index contributed by atoms with van der Waals surface area (Å²) in [7, 11) is 3.21. The molecule has 1 atom stereocenters. The highest BCUT2D eigenvalue weighted by Crippen LogP contribution is 2.33. The summed E-state index contributed by atoms with van der Waals surface area (Å²) in [5.74, 6) is 1.14. The van der Waals surface area contributed by atoms with Crippen molar-refractivity contribution in [1.82, 2.24) is 9.80 Å². The van der Waals surface area contributed by atoms with E-state index in [1.165, 1.54) is 12.8 Å². The van der Waals surface area contributed by atoms with Crippen molar-refractivity contribution in [2.45, 2.75) is 50.7 Å². The molecule has 0 aromatic heterocycles. The highest BCUT2D eigenvalue weighted by molar-refractivity contribution is 5.86. The Balaban J connectivity index is 1.73. The Morgan fingerprint density at radius 1 is 1.04 bits per heavy atom. The van der Waals surface area contributed by atoms with Crippen LogP contribution in [-0.4, -0.2) is 66.8 Å². The van der Waals surface area contributed by atoms with Gasteiger partial charge in [0.1, 0.15) is 0 Å². The zero-order valence-corrected chi connectivity index (χ0v) is 16.6. The number of hydrogen-bond donors (Lipinski definition) is 1.